The average molecular weight is 433 g/mol. The van der Waals surface area contributed by atoms with Gasteiger partial charge in [-0.3, -0.25) is 14.5 Å². The molecule has 0 spiro atoms. The molecule has 0 aliphatic carbocycles. The predicted octanol–water partition coefficient (Wildman–Crippen LogP) is 3.17. The van der Waals surface area contributed by atoms with Crippen molar-refractivity contribution in [2.75, 3.05) is 43.1 Å². The first-order chi connectivity index (χ1) is 14.8. The molecule has 9 heteroatoms. The molecule has 2 aromatic rings. The van der Waals surface area contributed by atoms with Gasteiger partial charge in [-0.25, -0.2) is 4.90 Å². The molecular weight excluding hydrogens is 411 g/mol. The monoisotopic (exact) mass is 433 g/mol. The topological polar surface area (TPSA) is 53.1 Å². The number of halogens is 3. The summed E-state index contributed by atoms with van der Waals surface area (Å²) >= 11 is 0. The molecule has 2 saturated heterocycles. The van der Waals surface area contributed by atoms with Crippen LogP contribution in [0.4, 0.5) is 24.5 Å². The maximum Gasteiger partial charge on any atom is 0.416 e. The van der Waals surface area contributed by atoms with Crippen LogP contribution in [0.1, 0.15) is 12.0 Å². The van der Waals surface area contributed by atoms with Gasteiger partial charge in [-0.1, -0.05) is 0 Å². The van der Waals surface area contributed by atoms with E-state index in [1.165, 1.54) is 12.1 Å². The number of anilines is 2. The lowest BCUT2D eigenvalue weighted by molar-refractivity contribution is -0.137. The van der Waals surface area contributed by atoms with E-state index >= 15 is 0 Å². The van der Waals surface area contributed by atoms with E-state index in [1.807, 2.05) is 29.2 Å². The van der Waals surface area contributed by atoms with Crippen molar-refractivity contribution in [2.45, 2.75) is 18.6 Å². The Morgan fingerprint density at radius 3 is 2.00 bits per heavy atom. The van der Waals surface area contributed by atoms with Gasteiger partial charge in [-0.2, -0.15) is 13.2 Å². The molecule has 2 aliphatic heterocycles. The predicted molar refractivity (Wildman–Crippen MR) is 109 cm³/mol. The van der Waals surface area contributed by atoms with Gasteiger partial charge in [0.1, 0.15) is 5.75 Å². The molecule has 6 nitrogen and oxygen atoms in total. The molecule has 2 aliphatic rings. The van der Waals surface area contributed by atoms with Crippen molar-refractivity contribution in [3.63, 3.8) is 0 Å². The maximum atomic E-state index is 12.9. The number of carbonyl (C=O) groups is 2. The zero-order valence-electron chi connectivity index (χ0n) is 16.9. The number of piperazine rings is 1. The number of hydrogen-bond acceptors (Lipinski definition) is 5. The Morgan fingerprint density at radius 1 is 0.871 bits per heavy atom. The van der Waals surface area contributed by atoms with Gasteiger partial charge >= 0.3 is 6.18 Å². The summed E-state index contributed by atoms with van der Waals surface area (Å²) in [4.78, 5) is 30.6. The first kappa shape index (κ1) is 21.2. The van der Waals surface area contributed by atoms with Crippen LogP contribution in [0.3, 0.4) is 0 Å². The van der Waals surface area contributed by atoms with Crippen LogP contribution in [0.5, 0.6) is 5.75 Å². The zero-order valence-corrected chi connectivity index (χ0v) is 16.9. The highest BCUT2D eigenvalue weighted by Gasteiger charge is 2.43. The van der Waals surface area contributed by atoms with Crippen LogP contribution in [0.2, 0.25) is 0 Å². The molecule has 0 radical (unpaired) electrons. The second-order valence-electron chi connectivity index (χ2n) is 7.55. The van der Waals surface area contributed by atoms with Gasteiger partial charge in [-0.15, -0.1) is 0 Å². The Morgan fingerprint density at radius 2 is 1.45 bits per heavy atom. The second kappa shape index (κ2) is 8.22. The van der Waals surface area contributed by atoms with E-state index in [1.54, 1.807) is 7.11 Å². The largest absolute Gasteiger partial charge is 0.497 e. The van der Waals surface area contributed by atoms with E-state index in [0.717, 1.165) is 28.5 Å². The standard InChI is InChI=1S/C22H22F3N3O3/c1-31-18-8-6-16(7-9-18)26-10-12-27(13-11-26)19-14-20(29)28(21(19)30)17-4-2-15(3-5-17)22(23,24)25/h2-9,19H,10-14H2,1H3/t19-/m0/s1. The summed E-state index contributed by atoms with van der Waals surface area (Å²) < 4.78 is 43.5. The van der Waals surface area contributed by atoms with Crippen LogP contribution in [0, 0.1) is 0 Å². The number of ether oxygens (including phenoxy) is 1. The summed E-state index contributed by atoms with van der Waals surface area (Å²) in [5.74, 6) is -0.00388. The maximum absolute atomic E-state index is 12.9. The van der Waals surface area contributed by atoms with Crippen molar-refractivity contribution in [2.24, 2.45) is 0 Å². The Labute approximate surface area is 177 Å². The Balaban J connectivity index is 1.41. The fourth-order valence-electron chi connectivity index (χ4n) is 4.06. The van der Waals surface area contributed by atoms with Gasteiger partial charge in [0.2, 0.25) is 5.91 Å². The molecule has 0 saturated carbocycles. The summed E-state index contributed by atoms with van der Waals surface area (Å²) in [6, 6.07) is 11.3. The van der Waals surface area contributed by atoms with Crippen LogP contribution in [0.15, 0.2) is 48.5 Å². The zero-order chi connectivity index (χ0) is 22.2. The second-order valence-corrected chi connectivity index (χ2v) is 7.55. The van der Waals surface area contributed by atoms with Crippen molar-refractivity contribution in [3.05, 3.63) is 54.1 Å². The van der Waals surface area contributed by atoms with E-state index in [9.17, 15) is 22.8 Å². The SMILES string of the molecule is COc1ccc(N2CCN([C@H]3CC(=O)N(c4ccc(C(F)(F)F)cc4)C3=O)CC2)cc1. The third kappa shape index (κ3) is 4.23. The van der Waals surface area contributed by atoms with Crippen molar-refractivity contribution in [1.82, 2.24) is 4.90 Å². The van der Waals surface area contributed by atoms with Gasteiger partial charge in [0, 0.05) is 31.9 Å². The molecule has 164 valence electrons. The smallest absolute Gasteiger partial charge is 0.416 e. The molecule has 31 heavy (non-hydrogen) atoms. The number of hydrogen-bond donors (Lipinski definition) is 0. The molecule has 0 N–H and O–H groups in total. The van der Waals surface area contributed by atoms with E-state index in [0.29, 0.717) is 26.2 Å². The molecule has 0 aromatic heterocycles. The summed E-state index contributed by atoms with van der Waals surface area (Å²) in [5, 5.41) is 0. The van der Waals surface area contributed by atoms with Crippen LogP contribution in [-0.4, -0.2) is 56.0 Å². The number of benzene rings is 2. The van der Waals surface area contributed by atoms with Crippen LogP contribution >= 0.6 is 0 Å². The number of imide groups is 1. The Kier molecular flexibility index (Phi) is 5.62. The third-order valence-corrected chi connectivity index (χ3v) is 5.77. The van der Waals surface area contributed by atoms with Gasteiger partial charge in [0.05, 0.1) is 30.8 Å². The Bertz CT molecular complexity index is 953. The fourth-order valence-corrected chi connectivity index (χ4v) is 4.06. The number of alkyl halides is 3. The molecule has 0 bridgehead atoms. The Hall–Kier alpha value is -3.07. The molecule has 2 amide bonds. The molecule has 1 atom stereocenters. The van der Waals surface area contributed by atoms with E-state index in [-0.39, 0.29) is 18.0 Å². The summed E-state index contributed by atoms with van der Waals surface area (Å²) in [7, 11) is 1.61. The highest BCUT2D eigenvalue weighted by molar-refractivity contribution is 6.22. The van der Waals surface area contributed by atoms with E-state index < -0.39 is 23.7 Å². The summed E-state index contributed by atoms with van der Waals surface area (Å²) in [6.45, 7) is 2.61. The first-order valence-corrected chi connectivity index (χ1v) is 9.95. The van der Waals surface area contributed by atoms with Crippen LogP contribution in [0.25, 0.3) is 0 Å². The van der Waals surface area contributed by atoms with Crippen molar-refractivity contribution >= 4 is 23.2 Å². The van der Waals surface area contributed by atoms with Crippen molar-refractivity contribution in [3.8, 4) is 5.75 Å². The fraction of sp³-hybridized carbons (Fsp3) is 0.364. The lowest BCUT2D eigenvalue weighted by Crippen LogP contribution is -2.52. The first-order valence-electron chi connectivity index (χ1n) is 9.95. The van der Waals surface area contributed by atoms with Crippen molar-refractivity contribution in [1.29, 1.82) is 0 Å². The molecule has 4 rings (SSSR count). The van der Waals surface area contributed by atoms with E-state index in [2.05, 4.69) is 4.90 Å². The molecule has 0 unspecified atom stereocenters. The summed E-state index contributed by atoms with van der Waals surface area (Å²) in [5.41, 5.74) is 0.407. The number of nitrogens with zero attached hydrogens (tertiary/aromatic N) is 3. The van der Waals surface area contributed by atoms with Crippen LogP contribution in [-0.2, 0) is 15.8 Å². The quantitative estimate of drug-likeness (QED) is 0.694. The lowest BCUT2D eigenvalue weighted by atomic mass is 10.1. The number of amides is 2. The minimum Gasteiger partial charge on any atom is -0.497 e. The average Bonchev–Trinajstić information content (AvgIpc) is 3.07. The van der Waals surface area contributed by atoms with Gasteiger partial charge in [-0.05, 0) is 48.5 Å². The third-order valence-electron chi connectivity index (χ3n) is 5.77. The number of methoxy groups -OCH3 is 1. The van der Waals surface area contributed by atoms with Crippen LogP contribution < -0.4 is 14.5 Å². The highest BCUT2D eigenvalue weighted by Crippen LogP contribution is 2.32. The minimum absolute atomic E-state index is 0.0302. The number of rotatable bonds is 4. The number of carbonyl (C=O) groups excluding carboxylic acids is 2. The normalized spacial score (nSPS) is 20.5. The molecule has 2 fully saturated rings. The molecule has 2 aromatic carbocycles. The molecular formula is C22H22F3N3O3. The highest BCUT2D eigenvalue weighted by atomic mass is 19.4. The van der Waals surface area contributed by atoms with Gasteiger partial charge < -0.3 is 9.64 Å². The lowest BCUT2D eigenvalue weighted by Gasteiger charge is -2.38. The molecule has 2 heterocycles. The minimum atomic E-state index is -4.47. The summed E-state index contributed by atoms with van der Waals surface area (Å²) in [6.07, 6.45) is -4.44. The van der Waals surface area contributed by atoms with E-state index in [4.69, 9.17) is 4.74 Å². The van der Waals surface area contributed by atoms with Gasteiger partial charge in [0.25, 0.3) is 5.91 Å². The van der Waals surface area contributed by atoms with Crippen molar-refractivity contribution < 1.29 is 27.5 Å². The van der Waals surface area contributed by atoms with Gasteiger partial charge in [0.15, 0.2) is 0 Å².